The maximum absolute atomic E-state index is 12.8. The van der Waals surface area contributed by atoms with Crippen molar-refractivity contribution in [3.05, 3.63) is 33.8 Å². The van der Waals surface area contributed by atoms with Crippen LogP contribution in [-0.4, -0.2) is 16.9 Å². The Morgan fingerprint density at radius 2 is 1.86 bits per heavy atom. The second-order valence-corrected chi connectivity index (χ2v) is 6.48. The summed E-state index contributed by atoms with van der Waals surface area (Å²) in [6.07, 6.45) is -0.373. The average Bonchev–Trinajstić information content (AvgIpc) is 2.41. The van der Waals surface area contributed by atoms with Gasteiger partial charge in [0.1, 0.15) is 0 Å². The Labute approximate surface area is 144 Å². The molecule has 0 atom stereocenters. The molecular formula is C14H16BrF3INO. The first kappa shape index (κ1) is 18.7. The summed E-state index contributed by atoms with van der Waals surface area (Å²) in [6.45, 7) is 0.484. The summed E-state index contributed by atoms with van der Waals surface area (Å²) in [6, 6.07) is 3.50. The highest BCUT2D eigenvalue weighted by Crippen LogP contribution is 2.35. The molecule has 0 radical (unpaired) electrons. The van der Waals surface area contributed by atoms with Gasteiger partial charge in [0.25, 0.3) is 5.91 Å². The number of hydrogen-bond acceptors (Lipinski definition) is 1. The zero-order valence-electron chi connectivity index (χ0n) is 11.3. The maximum Gasteiger partial charge on any atom is 0.417 e. The number of alkyl halides is 4. The molecule has 0 heterocycles. The summed E-state index contributed by atoms with van der Waals surface area (Å²) < 4.78 is 39.3. The van der Waals surface area contributed by atoms with Crippen LogP contribution in [0.1, 0.15) is 41.6 Å². The van der Waals surface area contributed by atoms with Gasteiger partial charge in [0.15, 0.2) is 0 Å². The fourth-order valence-electron chi connectivity index (χ4n) is 1.76. The van der Waals surface area contributed by atoms with Gasteiger partial charge < -0.3 is 5.32 Å². The number of carbonyl (C=O) groups excluding carboxylic acids is 1. The fraction of sp³-hybridized carbons (Fsp3) is 0.500. The Hall–Kier alpha value is -0.310. The lowest BCUT2D eigenvalue weighted by molar-refractivity contribution is -0.138. The predicted octanol–water partition coefficient (Wildman–Crippen LogP) is 5.19. The largest absolute Gasteiger partial charge is 0.417 e. The third kappa shape index (κ3) is 6.54. The van der Waals surface area contributed by atoms with E-state index >= 15 is 0 Å². The minimum absolute atomic E-state index is 0.0257. The SMILES string of the molecule is O=C(NCCCCCCI)c1ccc(Br)c(C(F)(F)F)c1. The molecule has 0 unspecified atom stereocenters. The van der Waals surface area contributed by atoms with Gasteiger partial charge in [-0.15, -0.1) is 0 Å². The van der Waals surface area contributed by atoms with E-state index < -0.39 is 17.6 Å². The minimum atomic E-state index is -4.48. The Kier molecular flexibility index (Phi) is 8.00. The Morgan fingerprint density at radius 1 is 1.19 bits per heavy atom. The van der Waals surface area contributed by atoms with Crippen molar-refractivity contribution in [2.45, 2.75) is 31.9 Å². The van der Waals surface area contributed by atoms with E-state index in [1.54, 1.807) is 0 Å². The number of carbonyl (C=O) groups is 1. The summed E-state index contributed by atoms with van der Waals surface area (Å²) in [5.41, 5.74) is -0.810. The van der Waals surface area contributed by atoms with Crippen LogP contribution in [0.5, 0.6) is 0 Å². The highest BCUT2D eigenvalue weighted by molar-refractivity contribution is 14.1. The third-order valence-corrected chi connectivity index (χ3v) is 4.33. The number of halogens is 5. The van der Waals surface area contributed by atoms with Crippen molar-refractivity contribution in [2.75, 3.05) is 11.0 Å². The second-order valence-electron chi connectivity index (χ2n) is 4.55. The molecule has 21 heavy (non-hydrogen) atoms. The van der Waals surface area contributed by atoms with E-state index in [2.05, 4.69) is 43.8 Å². The number of nitrogens with one attached hydrogen (secondary N) is 1. The fourth-order valence-corrected chi connectivity index (χ4v) is 2.77. The van der Waals surface area contributed by atoms with Gasteiger partial charge in [0.2, 0.25) is 0 Å². The molecule has 1 amide bonds. The van der Waals surface area contributed by atoms with E-state index in [0.29, 0.717) is 6.54 Å². The Bertz CT molecular complexity index is 480. The second kappa shape index (κ2) is 8.97. The molecular weight excluding hydrogens is 462 g/mol. The van der Waals surface area contributed by atoms with Crippen LogP contribution >= 0.6 is 38.5 Å². The van der Waals surface area contributed by atoms with Crippen LogP contribution in [0.3, 0.4) is 0 Å². The Morgan fingerprint density at radius 3 is 2.48 bits per heavy atom. The lowest BCUT2D eigenvalue weighted by atomic mass is 10.1. The van der Waals surface area contributed by atoms with E-state index in [9.17, 15) is 18.0 Å². The summed E-state index contributed by atoms with van der Waals surface area (Å²) >= 11 is 5.16. The predicted molar refractivity (Wildman–Crippen MR) is 88.8 cm³/mol. The van der Waals surface area contributed by atoms with E-state index in [1.165, 1.54) is 12.1 Å². The van der Waals surface area contributed by atoms with Gasteiger partial charge in [-0.1, -0.05) is 51.4 Å². The van der Waals surface area contributed by atoms with Gasteiger partial charge >= 0.3 is 6.18 Å². The van der Waals surface area contributed by atoms with Gasteiger partial charge in [0, 0.05) is 16.6 Å². The molecule has 0 spiro atoms. The van der Waals surface area contributed by atoms with Crippen LogP contribution in [0.4, 0.5) is 13.2 Å². The highest BCUT2D eigenvalue weighted by atomic mass is 127. The molecule has 2 nitrogen and oxygen atoms in total. The van der Waals surface area contributed by atoms with E-state index in [0.717, 1.165) is 36.2 Å². The van der Waals surface area contributed by atoms with E-state index in [1.807, 2.05) is 0 Å². The molecule has 0 aliphatic carbocycles. The first-order chi connectivity index (χ1) is 9.86. The van der Waals surface area contributed by atoms with Crippen molar-refractivity contribution in [3.63, 3.8) is 0 Å². The molecule has 0 saturated carbocycles. The van der Waals surface area contributed by atoms with Crippen molar-refractivity contribution < 1.29 is 18.0 Å². The smallest absolute Gasteiger partial charge is 0.352 e. The molecule has 0 aliphatic heterocycles. The van der Waals surface area contributed by atoms with Crippen LogP contribution in [0.25, 0.3) is 0 Å². The van der Waals surface area contributed by atoms with E-state index in [4.69, 9.17) is 0 Å². The van der Waals surface area contributed by atoms with E-state index in [-0.39, 0.29) is 10.0 Å². The molecule has 0 saturated heterocycles. The summed E-state index contributed by atoms with van der Waals surface area (Å²) in [5, 5.41) is 2.65. The lowest BCUT2D eigenvalue weighted by Crippen LogP contribution is -2.25. The van der Waals surface area contributed by atoms with Gasteiger partial charge in [0.05, 0.1) is 5.56 Å². The normalized spacial score (nSPS) is 11.5. The zero-order valence-corrected chi connectivity index (χ0v) is 15.0. The highest BCUT2D eigenvalue weighted by Gasteiger charge is 2.33. The number of benzene rings is 1. The van der Waals surface area contributed by atoms with Crippen LogP contribution in [-0.2, 0) is 6.18 Å². The molecule has 0 fully saturated rings. The van der Waals surface area contributed by atoms with Crippen LogP contribution in [0.2, 0.25) is 0 Å². The van der Waals surface area contributed by atoms with Crippen molar-refractivity contribution in [3.8, 4) is 0 Å². The van der Waals surface area contributed by atoms with Gasteiger partial charge in [-0.05, 0) is 35.5 Å². The van der Waals surface area contributed by atoms with Gasteiger partial charge in [-0.2, -0.15) is 13.2 Å². The van der Waals surface area contributed by atoms with Crippen molar-refractivity contribution in [1.29, 1.82) is 0 Å². The van der Waals surface area contributed by atoms with Crippen LogP contribution in [0, 0.1) is 0 Å². The molecule has 7 heteroatoms. The molecule has 1 rings (SSSR count). The zero-order chi connectivity index (χ0) is 15.9. The standard InChI is InChI=1S/C14H16BrF3INO/c15-12-6-5-10(9-11(12)14(16,17)18)13(21)20-8-4-2-1-3-7-19/h5-6,9H,1-4,7-8H2,(H,20,21). The molecule has 118 valence electrons. The number of amides is 1. The van der Waals surface area contributed by atoms with Gasteiger partial charge in [-0.3, -0.25) is 4.79 Å². The van der Waals surface area contributed by atoms with Crippen LogP contribution in [0.15, 0.2) is 22.7 Å². The van der Waals surface area contributed by atoms with Crippen molar-refractivity contribution >= 4 is 44.4 Å². The molecule has 1 N–H and O–H groups in total. The first-order valence-electron chi connectivity index (χ1n) is 6.57. The number of hydrogen-bond donors (Lipinski definition) is 1. The molecule has 1 aromatic rings. The average molecular weight is 478 g/mol. The number of rotatable bonds is 7. The van der Waals surface area contributed by atoms with Gasteiger partial charge in [-0.25, -0.2) is 0 Å². The topological polar surface area (TPSA) is 29.1 Å². The Balaban J connectivity index is 2.55. The minimum Gasteiger partial charge on any atom is -0.352 e. The van der Waals surface area contributed by atoms with Crippen LogP contribution < -0.4 is 5.32 Å². The number of unbranched alkanes of at least 4 members (excludes halogenated alkanes) is 3. The quantitative estimate of drug-likeness (QED) is 0.326. The summed E-state index contributed by atoms with van der Waals surface area (Å²) in [5.74, 6) is -0.470. The molecule has 1 aromatic carbocycles. The molecule has 0 aliphatic rings. The third-order valence-electron chi connectivity index (χ3n) is 2.88. The first-order valence-corrected chi connectivity index (χ1v) is 8.89. The molecule has 0 aromatic heterocycles. The van der Waals surface area contributed by atoms with Crippen molar-refractivity contribution in [1.82, 2.24) is 5.32 Å². The van der Waals surface area contributed by atoms with Crippen molar-refractivity contribution in [2.24, 2.45) is 0 Å². The maximum atomic E-state index is 12.8. The monoisotopic (exact) mass is 477 g/mol. The summed E-state index contributed by atoms with van der Waals surface area (Å²) in [4.78, 5) is 11.8. The lowest BCUT2D eigenvalue weighted by Gasteiger charge is -2.11. The molecule has 0 bridgehead atoms. The summed E-state index contributed by atoms with van der Waals surface area (Å²) in [7, 11) is 0.